The molecule has 1 aromatic carbocycles. The molecule has 0 fully saturated rings. The third-order valence-electron chi connectivity index (χ3n) is 4.64. The van der Waals surface area contributed by atoms with Crippen LogP contribution in [-0.4, -0.2) is 39.2 Å². The number of hydrogen-bond donors (Lipinski definition) is 2. The molecule has 1 aromatic rings. The SMILES string of the molecule is COC(=O)OC1=C(C)NC(C)=C(OC(=O)OCCCC(C)N)C1c1cccc(OC)c1. The van der Waals surface area contributed by atoms with Gasteiger partial charge in [0.25, 0.3) is 0 Å². The number of benzene rings is 1. The summed E-state index contributed by atoms with van der Waals surface area (Å²) in [5.41, 5.74) is 7.56. The highest BCUT2D eigenvalue weighted by Crippen LogP contribution is 2.40. The number of nitrogens with two attached hydrogens (primary N) is 1. The van der Waals surface area contributed by atoms with Gasteiger partial charge >= 0.3 is 12.3 Å². The van der Waals surface area contributed by atoms with Gasteiger partial charge in [-0.15, -0.1) is 0 Å². The molecule has 2 atom stereocenters. The van der Waals surface area contributed by atoms with Crippen molar-refractivity contribution in [3.8, 4) is 5.75 Å². The summed E-state index contributed by atoms with van der Waals surface area (Å²) in [6.45, 7) is 5.57. The molecule has 0 aromatic heterocycles. The maximum atomic E-state index is 12.4. The van der Waals surface area contributed by atoms with E-state index in [1.54, 1.807) is 39.2 Å². The van der Waals surface area contributed by atoms with Gasteiger partial charge in [0.05, 0.1) is 32.2 Å². The quantitative estimate of drug-likeness (QED) is 0.464. The Morgan fingerprint density at radius 3 is 2.32 bits per heavy atom. The average Bonchev–Trinajstić information content (AvgIpc) is 2.74. The van der Waals surface area contributed by atoms with E-state index in [2.05, 4.69) is 10.1 Å². The third-order valence-corrected chi connectivity index (χ3v) is 4.64. The summed E-state index contributed by atoms with van der Waals surface area (Å²) in [6, 6.07) is 7.19. The first kappa shape index (κ1) is 24.1. The lowest BCUT2D eigenvalue weighted by atomic mass is 9.90. The van der Waals surface area contributed by atoms with E-state index in [4.69, 9.17) is 24.7 Å². The topological polar surface area (TPSA) is 118 Å². The van der Waals surface area contributed by atoms with Crippen molar-refractivity contribution in [2.45, 2.75) is 45.6 Å². The molecule has 0 radical (unpaired) electrons. The van der Waals surface area contributed by atoms with E-state index in [1.807, 2.05) is 13.0 Å². The zero-order valence-electron chi connectivity index (χ0n) is 18.5. The number of ether oxygens (including phenoxy) is 5. The first-order valence-electron chi connectivity index (χ1n) is 9.95. The van der Waals surface area contributed by atoms with E-state index in [9.17, 15) is 9.59 Å². The van der Waals surface area contributed by atoms with Crippen molar-refractivity contribution in [1.29, 1.82) is 0 Å². The van der Waals surface area contributed by atoms with E-state index in [1.165, 1.54) is 7.11 Å². The number of rotatable bonds is 8. The molecule has 2 unspecified atom stereocenters. The number of hydrogen-bond acceptors (Lipinski definition) is 9. The Bertz CT molecular complexity index is 861. The van der Waals surface area contributed by atoms with Crippen LogP contribution < -0.4 is 15.8 Å². The van der Waals surface area contributed by atoms with Crippen molar-refractivity contribution in [2.75, 3.05) is 20.8 Å². The van der Waals surface area contributed by atoms with E-state index < -0.39 is 18.2 Å². The number of carbonyl (C=O) groups excluding carboxylic acids is 2. The van der Waals surface area contributed by atoms with Crippen LogP contribution in [0.2, 0.25) is 0 Å². The fourth-order valence-electron chi connectivity index (χ4n) is 3.16. The highest BCUT2D eigenvalue weighted by atomic mass is 16.7. The lowest BCUT2D eigenvalue weighted by molar-refractivity contribution is 0.0652. The van der Waals surface area contributed by atoms with Gasteiger partial charge in [-0.05, 0) is 51.3 Å². The van der Waals surface area contributed by atoms with Crippen molar-refractivity contribution < 1.29 is 33.3 Å². The molecule has 0 saturated carbocycles. The standard InChI is InChI=1S/C22H30N2O7/c1-13(23)8-7-11-29-22(26)31-20-15(3)24-14(2)19(30-21(25)28-5)18(20)16-9-6-10-17(12-16)27-4/h6,9-10,12-13,18,24H,7-8,11,23H2,1-5H3. The van der Waals surface area contributed by atoms with Crippen molar-refractivity contribution in [2.24, 2.45) is 5.73 Å². The molecule has 1 aliphatic rings. The van der Waals surface area contributed by atoms with E-state index in [0.29, 0.717) is 29.1 Å². The highest BCUT2D eigenvalue weighted by molar-refractivity contribution is 5.65. The fourth-order valence-corrected chi connectivity index (χ4v) is 3.16. The van der Waals surface area contributed by atoms with E-state index >= 15 is 0 Å². The summed E-state index contributed by atoms with van der Waals surface area (Å²) in [6.07, 6.45) is -0.396. The Morgan fingerprint density at radius 1 is 1.10 bits per heavy atom. The largest absolute Gasteiger partial charge is 0.513 e. The molecule has 9 heteroatoms. The Balaban J connectivity index is 2.33. The Labute approximate surface area is 182 Å². The van der Waals surface area contributed by atoms with Gasteiger partial charge in [-0.3, -0.25) is 0 Å². The minimum atomic E-state index is -0.888. The molecule has 3 N–H and O–H groups in total. The van der Waals surface area contributed by atoms with Crippen LogP contribution in [0.25, 0.3) is 0 Å². The molecule has 1 heterocycles. The van der Waals surface area contributed by atoms with Crippen LogP contribution in [0.5, 0.6) is 5.75 Å². The van der Waals surface area contributed by atoms with E-state index in [0.717, 1.165) is 6.42 Å². The predicted molar refractivity (Wildman–Crippen MR) is 113 cm³/mol. The summed E-state index contributed by atoms with van der Waals surface area (Å²) in [5.74, 6) is 0.383. The molecule has 0 amide bonds. The van der Waals surface area contributed by atoms with Crippen LogP contribution in [0.15, 0.2) is 47.2 Å². The van der Waals surface area contributed by atoms with Gasteiger partial charge in [-0.2, -0.15) is 0 Å². The number of dihydropyridines is 1. The second kappa shape index (κ2) is 11.3. The Hall–Kier alpha value is -3.20. The molecule has 31 heavy (non-hydrogen) atoms. The molecule has 0 spiro atoms. The van der Waals surface area contributed by atoms with Gasteiger partial charge < -0.3 is 34.7 Å². The predicted octanol–water partition coefficient (Wildman–Crippen LogP) is 3.91. The first-order valence-corrected chi connectivity index (χ1v) is 9.95. The minimum Gasteiger partial charge on any atom is -0.497 e. The zero-order chi connectivity index (χ0) is 23.0. The summed E-state index contributed by atoms with van der Waals surface area (Å²) in [5, 5.41) is 3.07. The van der Waals surface area contributed by atoms with Crippen molar-refractivity contribution in [1.82, 2.24) is 5.32 Å². The molecule has 9 nitrogen and oxygen atoms in total. The molecule has 170 valence electrons. The molecule has 0 bridgehead atoms. The summed E-state index contributed by atoms with van der Waals surface area (Å²) in [4.78, 5) is 24.2. The van der Waals surface area contributed by atoms with Crippen LogP contribution >= 0.6 is 0 Å². The minimum absolute atomic E-state index is 0.0238. The fraction of sp³-hybridized carbons (Fsp3) is 0.455. The molecule has 1 aliphatic heterocycles. The van der Waals surface area contributed by atoms with Crippen molar-refractivity contribution in [3.05, 3.63) is 52.7 Å². The molecular formula is C22H30N2O7. The number of nitrogens with one attached hydrogen (secondary N) is 1. The lowest BCUT2D eigenvalue weighted by Gasteiger charge is -2.30. The van der Waals surface area contributed by atoms with Crippen LogP contribution in [0.3, 0.4) is 0 Å². The maximum absolute atomic E-state index is 12.4. The van der Waals surface area contributed by atoms with Crippen molar-refractivity contribution >= 4 is 12.3 Å². The molecule has 2 rings (SSSR count). The smallest absolute Gasteiger partial charge is 0.497 e. The molecular weight excluding hydrogens is 404 g/mol. The van der Waals surface area contributed by atoms with Crippen molar-refractivity contribution in [3.63, 3.8) is 0 Å². The van der Waals surface area contributed by atoms with Gasteiger partial charge in [-0.1, -0.05) is 12.1 Å². The monoisotopic (exact) mass is 434 g/mol. The van der Waals surface area contributed by atoms with Gasteiger partial charge in [-0.25, -0.2) is 9.59 Å². The second-order valence-electron chi connectivity index (χ2n) is 7.19. The highest BCUT2D eigenvalue weighted by Gasteiger charge is 2.35. The number of carbonyl (C=O) groups is 2. The van der Waals surface area contributed by atoms with Gasteiger partial charge in [0.1, 0.15) is 23.2 Å². The third kappa shape index (κ3) is 6.65. The van der Waals surface area contributed by atoms with Crippen LogP contribution in [0.4, 0.5) is 9.59 Å². The summed E-state index contributed by atoms with van der Waals surface area (Å²) < 4.78 is 26.1. The number of methoxy groups -OCH3 is 2. The van der Waals surface area contributed by atoms with Crippen LogP contribution in [0, 0.1) is 0 Å². The first-order chi connectivity index (χ1) is 14.8. The molecule has 0 aliphatic carbocycles. The van der Waals surface area contributed by atoms with Crippen LogP contribution in [-0.2, 0) is 18.9 Å². The lowest BCUT2D eigenvalue weighted by Crippen LogP contribution is -2.29. The van der Waals surface area contributed by atoms with Gasteiger partial charge in [0, 0.05) is 6.04 Å². The summed E-state index contributed by atoms with van der Waals surface area (Å²) in [7, 11) is 2.76. The average molecular weight is 434 g/mol. The van der Waals surface area contributed by atoms with Crippen LogP contribution in [0.1, 0.15) is 45.1 Å². The second-order valence-corrected chi connectivity index (χ2v) is 7.19. The normalized spacial score (nSPS) is 16.9. The Morgan fingerprint density at radius 2 is 1.74 bits per heavy atom. The molecule has 0 saturated heterocycles. The van der Waals surface area contributed by atoms with E-state index in [-0.39, 0.29) is 24.2 Å². The summed E-state index contributed by atoms with van der Waals surface area (Å²) >= 11 is 0. The zero-order valence-corrected chi connectivity index (χ0v) is 18.5. The maximum Gasteiger partial charge on any atom is 0.513 e. The van der Waals surface area contributed by atoms with Gasteiger partial charge in [0.15, 0.2) is 0 Å². The van der Waals surface area contributed by atoms with Gasteiger partial charge in [0.2, 0.25) is 0 Å². The Kier molecular flexibility index (Phi) is 8.75. The number of allylic oxidation sites excluding steroid dienone is 2.